The minimum Gasteiger partial charge on any atom is -0.324 e. The Hall–Kier alpha value is -0.640. The molecule has 0 fully saturated rings. The van der Waals surface area contributed by atoms with Crippen LogP contribution < -0.4 is 5.73 Å². The zero-order valence-corrected chi connectivity index (χ0v) is 12.2. The zero-order chi connectivity index (χ0) is 12.3. The van der Waals surface area contributed by atoms with Crippen molar-refractivity contribution >= 4 is 27.3 Å². The third-order valence-corrected chi connectivity index (χ3v) is 4.17. The number of aryl methyl sites for hydroxylation is 2. The predicted octanol–water partition coefficient (Wildman–Crippen LogP) is 4.45. The normalized spacial score (nSPS) is 12.6. The van der Waals surface area contributed by atoms with E-state index in [4.69, 9.17) is 5.73 Å². The summed E-state index contributed by atoms with van der Waals surface area (Å²) in [6.07, 6.45) is 2.06. The van der Waals surface area contributed by atoms with Crippen molar-refractivity contribution in [3.8, 4) is 0 Å². The van der Waals surface area contributed by atoms with E-state index in [1.807, 2.05) is 0 Å². The molecule has 0 radical (unpaired) electrons. The maximum absolute atomic E-state index is 6.23. The van der Waals surface area contributed by atoms with E-state index in [2.05, 4.69) is 58.6 Å². The zero-order valence-electron chi connectivity index (χ0n) is 9.82. The van der Waals surface area contributed by atoms with Crippen LogP contribution in [0.1, 0.15) is 28.5 Å². The van der Waals surface area contributed by atoms with Crippen molar-refractivity contribution in [3.05, 3.63) is 56.2 Å². The Labute approximate surface area is 115 Å². The van der Waals surface area contributed by atoms with Crippen molar-refractivity contribution in [3.63, 3.8) is 0 Å². The highest BCUT2D eigenvalue weighted by Crippen LogP contribution is 2.23. The van der Waals surface area contributed by atoms with Crippen LogP contribution in [-0.2, 0) is 6.42 Å². The molecular formula is C14H16BrNS. The molecule has 0 aliphatic rings. The second-order valence-electron chi connectivity index (χ2n) is 4.29. The van der Waals surface area contributed by atoms with E-state index in [0.717, 1.165) is 17.3 Å². The number of benzene rings is 1. The van der Waals surface area contributed by atoms with Crippen molar-refractivity contribution in [1.29, 1.82) is 0 Å². The first kappa shape index (κ1) is 12.8. The SMILES string of the molecule is Cc1cc(Br)cc(C(N)CCc2cccs2)c1. The molecule has 1 aromatic heterocycles. The second kappa shape index (κ2) is 5.80. The highest BCUT2D eigenvalue weighted by Gasteiger charge is 2.08. The largest absolute Gasteiger partial charge is 0.324 e. The quantitative estimate of drug-likeness (QED) is 0.887. The highest BCUT2D eigenvalue weighted by molar-refractivity contribution is 9.10. The van der Waals surface area contributed by atoms with Gasteiger partial charge in [0.1, 0.15) is 0 Å². The maximum Gasteiger partial charge on any atom is 0.0298 e. The van der Waals surface area contributed by atoms with Gasteiger partial charge in [-0.15, -0.1) is 11.3 Å². The van der Waals surface area contributed by atoms with Crippen molar-refractivity contribution < 1.29 is 0 Å². The molecule has 17 heavy (non-hydrogen) atoms. The van der Waals surface area contributed by atoms with E-state index < -0.39 is 0 Å². The summed E-state index contributed by atoms with van der Waals surface area (Å²) >= 11 is 5.32. The van der Waals surface area contributed by atoms with Gasteiger partial charge in [0.05, 0.1) is 0 Å². The van der Waals surface area contributed by atoms with Crippen LogP contribution in [0.4, 0.5) is 0 Å². The van der Waals surface area contributed by atoms with Crippen LogP contribution in [-0.4, -0.2) is 0 Å². The molecule has 1 aromatic carbocycles. The van der Waals surface area contributed by atoms with Crippen molar-refractivity contribution in [2.75, 3.05) is 0 Å². The molecule has 1 nitrogen and oxygen atoms in total. The van der Waals surface area contributed by atoms with E-state index >= 15 is 0 Å². The van der Waals surface area contributed by atoms with E-state index in [9.17, 15) is 0 Å². The molecule has 1 atom stereocenters. The fourth-order valence-corrected chi connectivity index (χ4v) is 3.25. The lowest BCUT2D eigenvalue weighted by Crippen LogP contribution is -2.11. The fourth-order valence-electron chi connectivity index (χ4n) is 1.90. The van der Waals surface area contributed by atoms with Crippen LogP contribution in [0.25, 0.3) is 0 Å². The van der Waals surface area contributed by atoms with Crippen LogP contribution in [0.2, 0.25) is 0 Å². The molecule has 2 N–H and O–H groups in total. The molecule has 1 heterocycles. The summed E-state index contributed by atoms with van der Waals surface area (Å²) in [5, 5.41) is 2.12. The van der Waals surface area contributed by atoms with Crippen molar-refractivity contribution in [2.45, 2.75) is 25.8 Å². The highest BCUT2D eigenvalue weighted by atomic mass is 79.9. The van der Waals surface area contributed by atoms with Gasteiger partial charge in [-0.25, -0.2) is 0 Å². The third-order valence-electron chi connectivity index (χ3n) is 2.77. The topological polar surface area (TPSA) is 26.0 Å². The average Bonchev–Trinajstić information content (AvgIpc) is 2.77. The van der Waals surface area contributed by atoms with Crippen LogP contribution in [0, 0.1) is 6.92 Å². The Morgan fingerprint density at radius 1 is 1.35 bits per heavy atom. The molecule has 90 valence electrons. The lowest BCUT2D eigenvalue weighted by atomic mass is 10.0. The van der Waals surface area contributed by atoms with Crippen molar-refractivity contribution in [1.82, 2.24) is 0 Å². The fraction of sp³-hybridized carbons (Fsp3) is 0.286. The summed E-state index contributed by atoms with van der Waals surface area (Å²) < 4.78 is 1.11. The maximum atomic E-state index is 6.23. The van der Waals surface area contributed by atoms with Gasteiger partial charge in [0.15, 0.2) is 0 Å². The average molecular weight is 310 g/mol. The molecule has 0 aliphatic heterocycles. The first-order valence-corrected chi connectivity index (χ1v) is 7.37. The predicted molar refractivity (Wildman–Crippen MR) is 78.4 cm³/mol. The van der Waals surface area contributed by atoms with Gasteiger partial charge in [-0.2, -0.15) is 0 Å². The Kier molecular flexibility index (Phi) is 4.37. The number of halogens is 1. The number of rotatable bonds is 4. The monoisotopic (exact) mass is 309 g/mol. The molecule has 2 aromatic rings. The van der Waals surface area contributed by atoms with E-state index in [-0.39, 0.29) is 6.04 Å². The molecule has 0 bridgehead atoms. The lowest BCUT2D eigenvalue weighted by Gasteiger charge is -2.12. The van der Waals surface area contributed by atoms with Gasteiger partial charge >= 0.3 is 0 Å². The molecule has 1 unspecified atom stereocenters. The van der Waals surface area contributed by atoms with Crippen molar-refractivity contribution in [2.24, 2.45) is 5.73 Å². The molecule has 0 saturated heterocycles. The Balaban J connectivity index is 2.01. The molecule has 0 amide bonds. The number of hydrogen-bond donors (Lipinski definition) is 1. The summed E-state index contributed by atoms with van der Waals surface area (Å²) in [6, 6.07) is 10.8. The summed E-state index contributed by atoms with van der Waals surface area (Å²) in [6.45, 7) is 2.10. The number of nitrogens with two attached hydrogens (primary N) is 1. The molecule has 3 heteroatoms. The van der Waals surface area contributed by atoms with Gasteiger partial charge in [0, 0.05) is 15.4 Å². The van der Waals surface area contributed by atoms with Crippen LogP contribution >= 0.6 is 27.3 Å². The smallest absolute Gasteiger partial charge is 0.0298 e. The number of hydrogen-bond acceptors (Lipinski definition) is 2. The van der Waals surface area contributed by atoms with Gasteiger partial charge < -0.3 is 5.73 Å². The Morgan fingerprint density at radius 3 is 2.82 bits per heavy atom. The van der Waals surface area contributed by atoms with Gasteiger partial charge in [-0.05, 0) is 54.5 Å². The second-order valence-corrected chi connectivity index (χ2v) is 6.23. The standard InChI is InChI=1S/C14H16BrNS/c1-10-7-11(9-12(15)8-10)14(16)5-4-13-3-2-6-17-13/h2-3,6-9,14H,4-5,16H2,1H3. The Bertz CT molecular complexity index is 459. The van der Waals surface area contributed by atoms with Crippen LogP contribution in [0.5, 0.6) is 0 Å². The van der Waals surface area contributed by atoms with Gasteiger partial charge in [-0.1, -0.05) is 28.1 Å². The minimum atomic E-state index is 0.119. The summed E-state index contributed by atoms with van der Waals surface area (Å²) in [5.74, 6) is 0. The van der Waals surface area contributed by atoms with Gasteiger partial charge in [0.25, 0.3) is 0 Å². The molecular weight excluding hydrogens is 294 g/mol. The Morgan fingerprint density at radius 2 is 2.18 bits per heavy atom. The minimum absolute atomic E-state index is 0.119. The van der Waals surface area contributed by atoms with E-state index in [1.54, 1.807) is 11.3 Å². The first-order chi connectivity index (χ1) is 8.15. The molecule has 2 rings (SSSR count). The summed E-state index contributed by atoms with van der Waals surface area (Å²) in [5.41, 5.74) is 8.70. The van der Waals surface area contributed by atoms with Gasteiger partial charge in [-0.3, -0.25) is 0 Å². The van der Waals surface area contributed by atoms with E-state index in [1.165, 1.54) is 16.0 Å². The van der Waals surface area contributed by atoms with Crippen LogP contribution in [0.3, 0.4) is 0 Å². The number of thiophene rings is 1. The molecule has 0 aliphatic carbocycles. The molecule has 0 saturated carbocycles. The third kappa shape index (κ3) is 3.66. The van der Waals surface area contributed by atoms with Gasteiger partial charge in [0.2, 0.25) is 0 Å². The molecule has 0 spiro atoms. The van der Waals surface area contributed by atoms with Crippen LogP contribution in [0.15, 0.2) is 40.2 Å². The first-order valence-electron chi connectivity index (χ1n) is 5.70. The summed E-state index contributed by atoms with van der Waals surface area (Å²) in [7, 11) is 0. The van der Waals surface area contributed by atoms with E-state index in [0.29, 0.717) is 0 Å². The lowest BCUT2D eigenvalue weighted by molar-refractivity contribution is 0.654. The summed E-state index contributed by atoms with van der Waals surface area (Å²) in [4.78, 5) is 1.41.